The minimum Gasteiger partial charge on any atom is -0.324 e. The lowest BCUT2D eigenvalue weighted by Crippen LogP contribution is -1.95. The van der Waals surface area contributed by atoms with E-state index in [0.717, 1.165) is 28.4 Å². The van der Waals surface area contributed by atoms with Gasteiger partial charge in [-0.1, -0.05) is 30.3 Å². The van der Waals surface area contributed by atoms with E-state index in [1.54, 1.807) is 0 Å². The molecule has 0 aliphatic rings. The van der Waals surface area contributed by atoms with E-state index in [0.29, 0.717) is 0 Å². The second-order valence-electron chi connectivity index (χ2n) is 4.70. The molecule has 2 aromatic carbocycles. The van der Waals surface area contributed by atoms with Crippen LogP contribution in [0.3, 0.4) is 0 Å². The van der Waals surface area contributed by atoms with Crippen molar-refractivity contribution in [3.05, 3.63) is 54.6 Å². The van der Waals surface area contributed by atoms with Crippen molar-refractivity contribution in [2.75, 3.05) is 5.32 Å². The zero-order valence-corrected chi connectivity index (χ0v) is 11.0. The van der Waals surface area contributed by atoms with Gasteiger partial charge >= 0.3 is 0 Å². The molecule has 0 spiro atoms. The number of benzene rings is 2. The minimum atomic E-state index is 0.725. The van der Waals surface area contributed by atoms with Gasteiger partial charge in [-0.15, -0.1) is 10.2 Å². The van der Waals surface area contributed by atoms with Crippen LogP contribution in [0, 0.1) is 0 Å². The second kappa shape index (κ2) is 4.09. The largest absolute Gasteiger partial charge is 0.324 e. The molecule has 0 unspecified atom stereocenters. The third-order valence-corrected chi connectivity index (χ3v) is 3.46. The Hall–Kier alpha value is -2.82. The van der Waals surface area contributed by atoms with Crippen LogP contribution >= 0.6 is 0 Å². The van der Waals surface area contributed by atoms with E-state index in [4.69, 9.17) is 0 Å². The van der Waals surface area contributed by atoms with Crippen molar-refractivity contribution in [3.8, 4) is 0 Å². The number of aromatic nitrogens is 4. The summed E-state index contributed by atoms with van der Waals surface area (Å²) in [7, 11) is 2.00. The first-order valence-corrected chi connectivity index (χ1v) is 6.45. The summed E-state index contributed by atoms with van der Waals surface area (Å²) in [6, 6.07) is 18.2. The number of rotatable bonds is 2. The van der Waals surface area contributed by atoms with Crippen LogP contribution in [-0.4, -0.2) is 19.2 Å². The number of hydrogen-bond acceptors (Lipinski definition) is 3. The van der Waals surface area contributed by atoms with E-state index in [9.17, 15) is 0 Å². The van der Waals surface area contributed by atoms with Crippen molar-refractivity contribution >= 4 is 28.4 Å². The van der Waals surface area contributed by atoms with Gasteiger partial charge < -0.3 is 9.88 Å². The number of hydrogen-bond donors (Lipinski definition) is 1. The Bertz CT molecular complexity index is 889. The maximum atomic E-state index is 4.27. The highest BCUT2D eigenvalue weighted by atomic mass is 15.4. The molecule has 2 heterocycles. The topological polar surface area (TPSA) is 47.1 Å². The maximum Gasteiger partial charge on any atom is 0.237 e. The van der Waals surface area contributed by atoms with Gasteiger partial charge in [-0.2, -0.15) is 0 Å². The predicted molar refractivity (Wildman–Crippen MR) is 79.2 cm³/mol. The van der Waals surface area contributed by atoms with E-state index in [1.165, 1.54) is 0 Å². The van der Waals surface area contributed by atoms with Gasteiger partial charge in [0.1, 0.15) is 0 Å². The SMILES string of the molecule is Cn1c2ccccc2n2c(Nc3ccccc3)nnc12. The summed E-state index contributed by atoms with van der Waals surface area (Å²) in [5.41, 5.74) is 3.22. The standard InChI is InChI=1S/C15H13N5/c1-19-12-9-5-6-10-13(12)20-14(17-18-15(19)20)16-11-7-3-2-4-8-11/h2-10H,1H3,(H,16,17). The summed E-state index contributed by atoms with van der Waals surface area (Å²) in [6.45, 7) is 0. The molecule has 4 aromatic rings. The molecule has 0 aliphatic heterocycles. The molecule has 20 heavy (non-hydrogen) atoms. The van der Waals surface area contributed by atoms with Crippen LogP contribution in [0.2, 0.25) is 0 Å². The van der Waals surface area contributed by atoms with E-state index in [1.807, 2.05) is 58.5 Å². The molecule has 0 atom stereocenters. The normalized spacial score (nSPS) is 11.2. The third-order valence-electron chi connectivity index (χ3n) is 3.46. The Kier molecular flexibility index (Phi) is 2.26. The molecule has 0 radical (unpaired) electrons. The zero-order valence-electron chi connectivity index (χ0n) is 11.0. The van der Waals surface area contributed by atoms with Crippen molar-refractivity contribution < 1.29 is 0 Å². The first kappa shape index (κ1) is 11.0. The molecule has 1 N–H and O–H groups in total. The van der Waals surface area contributed by atoms with Crippen LogP contribution in [0.15, 0.2) is 54.6 Å². The second-order valence-corrected chi connectivity index (χ2v) is 4.70. The molecule has 5 nitrogen and oxygen atoms in total. The number of anilines is 2. The fraction of sp³-hybridized carbons (Fsp3) is 0.0667. The molecule has 0 amide bonds. The number of para-hydroxylation sites is 3. The lowest BCUT2D eigenvalue weighted by molar-refractivity contribution is 0.954. The molecule has 0 aliphatic carbocycles. The molecule has 0 saturated heterocycles. The van der Waals surface area contributed by atoms with Gasteiger partial charge in [0.05, 0.1) is 11.0 Å². The lowest BCUT2D eigenvalue weighted by Gasteiger charge is -2.02. The Morgan fingerprint density at radius 2 is 1.55 bits per heavy atom. The first-order valence-electron chi connectivity index (χ1n) is 6.45. The van der Waals surface area contributed by atoms with Gasteiger partial charge in [0.2, 0.25) is 11.7 Å². The number of aryl methyl sites for hydroxylation is 1. The molecule has 0 bridgehead atoms. The van der Waals surface area contributed by atoms with E-state index in [2.05, 4.69) is 27.6 Å². The highest BCUT2D eigenvalue weighted by molar-refractivity contribution is 5.82. The van der Waals surface area contributed by atoms with Crippen molar-refractivity contribution in [2.24, 2.45) is 7.05 Å². The molecular weight excluding hydrogens is 250 g/mol. The summed E-state index contributed by atoms with van der Waals surface area (Å²) in [5.74, 6) is 1.55. The first-order chi connectivity index (χ1) is 9.84. The number of nitrogens with one attached hydrogen (secondary N) is 1. The number of nitrogens with zero attached hydrogens (tertiary/aromatic N) is 4. The number of imidazole rings is 1. The smallest absolute Gasteiger partial charge is 0.237 e. The molecule has 98 valence electrons. The van der Waals surface area contributed by atoms with Crippen LogP contribution in [0.4, 0.5) is 11.6 Å². The van der Waals surface area contributed by atoms with Crippen LogP contribution in [0.5, 0.6) is 0 Å². The number of fused-ring (bicyclic) bond motifs is 3. The summed E-state index contributed by atoms with van der Waals surface area (Å²) >= 11 is 0. The summed E-state index contributed by atoms with van der Waals surface area (Å²) in [4.78, 5) is 0. The Labute approximate surface area is 115 Å². The van der Waals surface area contributed by atoms with Gasteiger partial charge in [0, 0.05) is 12.7 Å². The van der Waals surface area contributed by atoms with Gasteiger partial charge in [0.15, 0.2) is 0 Å². The van der Waals surface area contributed by atoms with Gasteiger partial charge in [-0.3, -0.25) is 0 Å². The summed E-state index contributed by atoms with van der Waals surface area (Å²) < 4.78 is 4.07. The zero-order chi connectivity index (χ0) is 13.5. The van der Waals surface area contributed by atoms with E-state index < -0.39 is 0 Å². The van der Waals surface area contributed by atoms with Crippen molar-refractivity contribution in [1.29, 1.82) is 0 Å². The molecule has 4 rings (SSSR count). The highest BCUT2D eigenvalue weighted by Gasteiger charge is 2.14. The van der Waals surface area contributed by atoms with E-state index in [-0.39, 0.29) is 0 Å². The molecule has 0 fully saturated rings. The Morgan fingerprint density at radius 3 is 2.35 bits per heavy atom. The monoisotopic (exact) mass is 263 g/mol. The lowest BCUT2D eigenvalue weighted by atomic mass is 10.3. The third kappa shape index (κ3) is 1.50. The van der Waals surface area contributed by atoms with Crippen molar-refractivity contribution in [3.63, 3.8) is 0 Å². The quantitative estimate of drug-likeness (QED) is 0.605. The van der Waals surface area contributed by atoms with Crippen LogP contribution < -0.4 is 5.32 Å². The molecule has 2 aromatic heterocycles. The molecular formula is C15H13N5. The highest BCUT2D eigenvalue weighted by Crippen LogP contribution is 2.23. The maximum absolute atomic E-state index is 4.27. The fourth-order valence-electron chi connectivity index (χ4n) is 2.49. The van der Waals surface area contributed by atoms with Crippen molar-refractivity contribution in [1.82, 2.24) is 19.2 Å². The average Bonchev–Trinajstić information content (AvgIpc) is 3.02. The molecule has 5 heteroatoms. The Morgan fingerprint density at radius 1 is 0.850 bits per heavy atom. The fourth-order valence-corrected chi connectivity index (χ4v) is 2.49. The van der Waals surface area contributed by atoms with Gasteiger partial charge in [-0.05, 0) is 24.3 Å². The predicted octanol–water partition coefficient (Wildman–Crippen LogP) is 2.96. The minimum absolute atomic E-state index is 0.725. The summed E-state index contributed by atoms with van der Waals surface area (Å²) in [6.07, 6.45) is 0. The molecule has 0 saturated carbocycles. The Balaban J connectivity index is 1.95. The average molecular weight is 263 g/mol. The summed E-state index contributed by atoms with van der Waals surface area (Å²) in [5, 5.41) is 11.8. The van der Waals surface area contributed by atoms with Crippen LogP contribution in [0.25, 0.3) is 16.8 Å². The van der Waals surface area contributed by atoms with Crippen LogP contribution in [-0.2, 0) is 7.05 Å². The van der Waals surface area contributed by atoms with Gasteiger partial charge in [0.25, 0.3) is 0 Å². The van der Waals surface area contributed by atoms with Crippen molar-refractivity contribution in [2.45, 2.75) is 0 Å². The van der Waals surface area contributed by atoms with E-state index >= 15 is 0 Å². The van der Waals surface area contributed by atoms with Gasteiger partial charge in [-0.25, -0.2) is 4.40 Å². The van der Waals surface area contributed by atoms with Crippen LogP contribution in [0.1, 0.15) is 0 Å².